The molecule has 0 bridgehead atoms. The van der Waals surface area contributed by atoms with Crippen molar-refractivity contribution in [3.63, 3.8) is 0 Å². The van der Waals surface area contributed by atoms with Gasteiger partial charge in [0.05, 0.1) is 18.3 Å². The van der Waals surface area contributed by atoms with Gasteiger partial charge in [-0.1, -0.05) is 0 Å². The molecule has 0 saturated heterocycles. The smallest absolute Gasteiger partial charge is 0.236 e. The van der Waals surface area contributed by atoms with Gasteiger partial charge in [-0.3, -0.25) is 0 Å². The predicted octanol–water partition coefficient (Wildman–Crippen LogP) is 1.14. The quantitative estimate of drug-likeness (QED) is 0.716. The highest BCUT2D eigenvalue weighted by Gasteiger charge is 2.10. The molecule has 0 N–H and O–H groups in total. The van der Waals surface area contributed by atoms with E-state index in [-0.39, 0.29) is 0 Å². The summed E-state index contributed by atoms with van der Waals surface area (Å²) < 4.78 is 7.13. The number of aromatic nitrogens is 4. The van der Waals surface area contributed by atoms with Gasteiger partial charge < -0.3 is 4.74 Å². The summed E-state index contributed by atoms with van der Waals surface area (Å²) in [5.41, 5.74) is 1.95. The van der Waals surface area contributed by atoms with Crippen LogP contribution in [-0.4, -0.2) is 26.4 Å². The highest BCUT2D eigenvalue weighted by molar-refractivity contribution is 5.56. The van der Waals surface area contributed by atoms with E-state index in [0.717, 1.165) is 16.9 Å². The van der Waals surface area contributed by atoms with Gasteiger partial charge in [-0.2, -0.15) is 5.10 Å². The fourth-order valence-corrected chi connectivity index (χ4v) is 1.37. The maximum Gasteiger partial charge on any atom is 0.236 e. The summed E-state index contributed by atoms with van der Waals surface area (Å²) in [5, 5.41) is 12.1. The molecule has 2 heterocycles. The van der Waals surface area contributed by atoms with Gasteiger partial charge in [0.25, 0.3) is 0 Å². The number of fused-ring (bicyclic) bond motifs is 1. The van der Waals surface area contributed by atoms with Crippen LogP contribution in [0.1, 0.15) is 18.3 Å². The zero-order valence-electron chi connectivity index (χ0n) is 8.48. The first-order valence-corrected chi connectivity index (χ1v) is 4.54. The van der Waals surface area contributed by atoms with Crippen molar-refractivity contribution >= 4 is 5.52 Å². The van der Waals surface area contributed by atoms with Crippen molar-refractivity contribution in [2.45, 2.75) is 20.8 Å². The Morgan fingerprint density at radius 1 is 1.43 bits per heavy atom. The zero-order valence-corrected chi connectivity index (χ0v) is 8.48. The summed E-state index contributed by atoms with van der Waals surface area (Å²) in [7, 11) is 0. The molecule has 2 aromatic rings. The molecule has 14 heavy (non-hydrogen) atoms. The van der Waals surface area contributed by atoms with Crippen molar-refractivity contribution in [1.29, 1.82) is 0 Å². The molecule has 0 unspecified atom stereocenters. The van der Waals surface area contributed by atoms with Gasteiger partial charge >= 0.3 is 0 Å². The van der Waals surface area contributed by atoms with Crippen LogP contribution < -0.4 is 4.74 Å². The van der Waals surface area contributed by atoms with E-state index < -0.39 is 0 Å². The highest BCUT2D eigenvalue weighted by atomic mass is 16.5. The molecule has 0 fully saturated rings. The average Bonchev–Trinajstić information content (AvgIpc) is 2.48. The highest BCUT2D eigenvalue weighted by Crippen LogP contribution is 2.20. The third-order valence-electron chi connectivity index (χ3n) is 2.09. The Labute approximate surface area is 81.7 Å². The van der Waals surface area contributed by atoms with E-state index in [4.69, 9.17) is 4.74 Å². The van der Waals surface area contributed by atoms with Crippen LogP contribution in [0.2, 0.25) is 0 Å². The van der Waals surface area contributed by atoms with Crippen molar-refractivity contribution in [1.82, 2.24) is 19.8 Å². The Bertz CT molecular complexity index is 463. The molecule has 0 aliphatic heterocycles. The van der Waals surface area contributed by atoms with E-state index in [1.165, 1.54) is 0 Å². The summed E-state index contributed by atoms with van der Waals surface area (Å²) in [5.74, 6) is 1.42. The standard InChI is InChI=1S/C9H12N4O/c1-4-14-9-6(2)8-5-10-11-7(3)13(8)12-9/h5H,4H2,1-3H3. The summed E-state index contributed by atoms with van der Waals surface area (Å²) in [6, 6.07) is 0. The predicted molar refractivity (Wildman–Crippen MR) is 51.4 cm³/mol. The minimum Gasteiger partial charge on any atom is -0.477 e. The lowest BCUT2D eigenvalue weighted by Crippen LogP contribution is -1.98. The molecule has 0 aliphatic carbocycles. The first-order valence-electron chi connectivity index (χ1n) is 4.54. The number of hydrogen-bond donors (Lipinski definition) is 0. The molecular weight excluding hydrogens is 180 g/mol. The summed E-state index contributed by atoms with van der Waals surface area (Å²) in [6.45, 7) is 6.38. The van der Waals surface area contributed by atoms with E-state index in [9.17, 15) is 0 Å². The van der Waals surface area contributed by atoms with E-state index in [2.05, 4.69) is 15.3 Å². The van der Waals surface area contributed by atoms with Crippen LogP contribution in [0.4, 0.5) is 0 Å². The maximum absolute atomic E-state index is 5.39. The molecule has 0 saturated carbocycles. The van der Waals surface area contributed by atoms with Gasteiger partial charge in [0.1, 0.15) is 5.82 Å². The molecule has 0 spiro atoms. The lowest BCUT2D eigenvalue weighted by Gasteiger charge is -1.96. The largest absolute Gasteiger partial charge is 0.477 e. The topological polar surface area (TPSA) is 52.3 Å². The van der Waals surface area contributed by atoms with Gasteiger partial charge in [-0.15, -0.1) is 10.2 Å². The van der Waals surface area contributed by atoms with Crippen LogP contribution in [0.3, 0.4) is 0 Å². The fraction of sp³-hybridized carbons (Fsp3) is 0.444. The molecule has 0 radical (unpaired) electrons. The second-order valence-electron chi connectivity index (χ2n) is 3.05. The van der Waals surface area contributed by atoms with Crippen LogP contribution in [-0.2, 0) is 0 Å². The average molecular weight is 192 g/mol. The summed E-state index contributed by atoms with van der Waals surface area (Å²) in [4.78, 5) is 0. The molecule has 0 atom stereocenters. The van der Waals surface area contributed by atoms with E-state index >= 15 is 0 Å². The molecule has 2 rings (SSSR count). The van der Waals surface area contributed by atoms with Gasteiger partial charge in [-0.05, 0) is 20.8 Å². The van der Waals surface area contributed by atoms with Gasteiger partial charge in [0, 0.05) is 5.56 Å². The number of ether oxygens (including phenoxy) is 1. The SMILES string of the molecule is CCOc1nn2c(C)nncc2c1C. The Kier molecular flexibility index (Phi) is 2.07. The Morgan fingerprint density at radius 2 is 2.21 bits per heavy atom. The Balaban J connectivity index is 2.67. The van der Waals surface area contributed by atoms with E-state index in [1.54, 1.807) is 10.7 Å². The minimum absolute atomic E-state index is 0.616. The lowest BCUT2D eigenvalue weighted by molar-refractivity contribution is 0.322. The Hall–Kier alpha value is -1.65. The molecule has 5 heteroatoms. The van der Waals surface area contributed by atoms with Crippen LogP contribution in [0.25, 0.3) is 5.52 Å². The Morgan fingerprint density at radius 3 is 2.86 bits per heavy atom. The fourth-order valence-electron chi connectivity index (χ4n) is 1.37. The summed E-state index contributed by atoms with van der Waals surface area (Å²) in [6.07, 6.45) is 1.69. The van der Waals surface area contributed by atoms with Crippen LogP contribution in [0.5, 0.6) is 5.88 Å². The number of nitrogens with zero attached hydrogens (tertiary/aromatic N) is 4. The number of hydrogen-bond acceptors (Lipinski definition) is 4. The maximum atomic E-state index is 5.39. The zero-order chi connectivity index (χ0) is 10.1. The van der Waals surface area contributed by atoms with E-state index in [0.29, 0.717) is 12.5 Å². The molecule has 0 aliphatic rings. The molecule has 0 aromatic carbocycles. The number of rotatable bonds is 2. The molecule has 5 nitrogen and oxygen atoms in total. The molecule has 2 aromatic heterocycles. The van der Waals surface area contributed by atoms with Crippen LogP contribution in [0, 0.1) is 13.8 Å². The number of aryl methyl sites for hydroxylation is 2. The first kappa shape index (κ1) is 8.93. The third kappa shape index (κ3) is 1.21. The molecular formula is C9H12N4O. The van der Waals surface area contributed by atoms with Crippen molar-refractivity contribution in [3.05, 3.63) is 17.6 Å². The van der Waals surface area contributed by atoms with Crippen molar-refractivity contribution in [3.8, 4) is 5.88 Å². The van der Waals surface area contributed by atoms with Crippen molar-refractivity contribution < 1.29 is 4.74 Å². The van der Waals surface area contributed by atoms with Gasteiger partial charge in [0.15, 0.2) is 0 Å². The normalized spacial score (nSPS) is 10.8. The molecule has 74 valence electrons. The lowest BCUT2D eigenvalue weighted by atomic mass is 10.3. The van der Waals surface area contributed by atoms with E-state index in [1.807, 2.05) is 20.8 Å². The second kappa shape index (κ2) is 3.25. The monoisotopic (exact) mass is 192 g/mol. The van der Waals surface area contributed by atoms with Crippen LogP contribution in [0.15, 0.2) is 6.20 Å². The van der Waals surface area contributed by atoms with Gasteiger partial charge in [-0.25, -0.2) is 4.52 Å². The summed E-state index contributed by atoms with van der Waals surface area (Å²) >= 11 is 0. The van der Waals surface area contributed by atoms with Crippen molar-refractivity contribution in [2.24, 2.45) is 0 Å². The third-order valence-corrected chi connectivity index (χ3v) is 2.09. The second-order valence-corrected chi connectivity index (χ2v) is 3.05. The minimum atomic E-state index is 0.616. The molecule has 0 amide bonds. The van der Waals surface area contributed by atoms with Crippen molar-refractivity contribution in [2.75, 3.05) is 6.61 Å². The van der Waals surface area contributed by atoms with Crippen LogP contribution >= 0.6 is 0 Å². The van der Waals surface area contributed by atoms with Gasteiger partial charge in [0.2, 0.25) is 5.88 Å². The first-order chi connectivity index (χ1) is 6.74.